The van der Waals surface area contributed by atoms with Crippen LogP contribution in [0.4, 0.5) is 5.69 Å². The molecule has 1 amide bonds. The van der Waals surface area contributed by atoms with Crippen molar-refractivity contribution in [3.05, 3.63) is 24.3 Å². The molecule has 5 nitrogen and oxygen atoms in total. The minimum absolute atomic E-state index is 0.0373. The Hall–Kier alpha value is -1.59. The van der Waals surface area contributed by atoms with Crippen molar-refractivity contribution in [3.8, 4) is 5.75 Å². The zero-order valence-corrected chi connectivity index (χ0v) is 12.8. The fourth-order valence-corrected chi connectivity index (χ4v) is 3.13. The first kappa shape index (κ1) is 15.3. The van der Waals surface area contributed by atoms with Gasteiger partial charge < -0.3 is 20.5 Å². The molecule has 2 aliphatic rings. The number of amides is 1. The van der Waals surface area contributed by atoms with E-state index in [0.717, 1.165) is 50.1 Å². The number of carbonyl (C=O) groups excluding carboxylic acids is 1. The number of nitrogens with one attached hydrogen (secondary N) is 1. The van der Waals surface area contributed by atoms with Crippen LogP contribution in [0.2, 0.25) is 0 Å². The van der Waals surface area contributed by atoms with E-state index in [1.54, 1.807) is 0 Å². The third-order valence-electron chi connectivity index (χ3n) is 4.40. The molecule has 0 spiro atoms. The molecule has 2 fully saturated rings. The van der Waals surface area contributed by atoms with Crippen LogP contribution in [0.1, 0.15) is 32.1 Å². The van der Waals surface area contributed by atoms with Gasteiger partial charge in [0.1, 0.15) is 11.9 Å². The number of hydrogen-bond acceptors (Lipinski definition) is 4. The fourth-order valence-electron chi connectivity index (χ4n) is 3.13. The third kappa shape index (κ3) is 3.99. The quantitative estimate of drug-likeness (QED) is 0.895. The Morgan fingerprint density at radius 3 is 2.73 bits per heavy atom. The Balaban J connectivity index is 1.52. The Kier molecular flexibility index (Phi) is 4.95. The zero-order valence-electron chi connectivity index (χ0n) is 12.8. The first-order valence-electron chi connectivity index (χ1n) is 8.11. The van der Waals surface area contributed by atoms with E-state index in [9.17, 15) is 4.79 Å². The molecule has 1 aliphatic heterocycles. The van der Waals surface area contributed by atoms with E-state index in [2.05, 4.69) is 5.32 Å². The van der Waals surface area contributed by atoms with Gasteiger partial charge in [-0.2, -0.15) is 0 Å². The molecule has 3 N–H and O–H groups in total. The molecule has 0 radical (unpaired) electrons. The van der Waals surface area contributed by atoms with Crippen molar-refractivity contribution in [1.82, 2.24) is 0 Å². The van der Waals surface area contributed by atoms with Crippen LogP contribution in [0.15, 0.2) is 24.3 Å². The van der Waals surface area contributed by atoms with Gasteiger partial charge in [0, 0.05) is 24.1 Å². The highest BCUT2D eigenvalue weighted by atomic mass is 16.5. The summed E-state index contributed by atoms with van der Waals surface area (Å²) in [6.07, 6.45) is 4.86. The summed E-state index contributed by atoms with van der Waals surface area (Å²) in [6.45, 7) is 1.42. The third-order valence-corrected chi connectivity index (χ3v) is 4.40. The van der Waals surface area contributed by atoms with E-state index in [-0.39, 0.29) is 24.0 Å². The van der Waals surface area contributed by atoms with Gasteiger partial charge in [0.05, 0.1) is 13.2 Å². The van der Waals surface area contributed by atoms with Gasteiger partial charge in [0.15, 0.2) is 0 Å². The molecular formula is C17H24N2O3. The highest BCUT2D eigenvalue weighted by Crippen LogP contribution is 2.25. The summed E-state index contributed by atoms with van der Waals surface area (Å²) in [4.78, 5) is 12.3. The molecule has 3 atom stereocenters. The molecule has 1 aromatic carbocycles. The summed E-state index contributed by atoms with van der Waals surface area (Å²) in [5.41, 5.74) is 6.75. The zero-order chi connectivity index (χ0) is 15.4. The molecule has 1 saturated heterocycles. The molecule has 3 unspecified atom stereocenters. The minimum atomic E-state index is 0.0373. The van der Waals surface area contributed by atoms with Crippen molar-refractivity contribution >= 4 is 11.6 Å². The predicted molar refractivity (Wildman–Crippen MR) is 84.9 cm³/mol. The average Bonchev–Trinajstić information content (AvgIpc) is 3.02. The van der Waals surface area contributed by atoms with Gasteiger partial charge in [-0.15, -0.1) is 0 Å². The van der Waals surface area contributed by atoms with Crippen LogP contribution in [0.3, 0.4) is 0 Å². The van der Waals surface area contributed by atoms with E-state index < -0.39 is 0 Å². The Bertz CT molecular complexity index is 497. The maximum atomic E-state index is 12.3. The summed E-state index contributed by atoms with van der Waals surface area (Å²) in [6, 6.07) is 7.70. The smallest absolute Gasteiger partial charge is 0.227 e. The molecule has 3 rings (SSSR count). The Labute approximate surface area is 131 Å². The van der Waals surface area contributed by atoms with Gasteiger partial charge in [0.25, 0.3) is 0 Å². The summed E-state index contributed by atoms with van der Waals surface area (Å²) in [5.74, 6) is 0.927. The van der Waals surface area contributed by atoms with Gasteiger partial charge in [-0.25, -0.2) is 0 Å². The second-order valence-electron chi connectivity index (χ2n) is 6.24. The molecule has 120 valence electrons. The molecule has 1 aliphatic carbocycles. The van der Waals surface area contributed by atoms with Crippen LogP contribution in [-0.2, 0) is 9.53 Å². The lowest BCUT2D eigenvalue weighted by Crippen LogP contribution is -2.34. The van der Waals surface area contributed by atoms with Crippen molar-refractivity contribution < 1.29 is 14.3 Å². The molecule has 5 heteroatoms. The number of rotatable bonds is 4. The SMILES string of the molecule is NC1CCCC(C(=O)Nc2ccc(OC3CCOC3)cc2)C1. The van der Waals surface area contributed by atoms with Crippen molar-refractivity contribution in [2.45, 2.75) is 44.2 Å². The number of carbonyl (C=O) groups is 1. The van der Waals surface area contributed by atoms with Gasteiger partial charge in [-0.1, -0.05) is 6.42 Å². The summed E-state index contributed by atoms with van der Waals surface area (Å²) < 4.78 is 11.1. The maximum absolute atomic E-state index is 12.3. The largest absolute Gasteiger partial charge is 0.488 e. The van der Waals surface area contributed by atoms with E-state index in [4.69, 9.17) is 15.2 Å². The predicted octanol–water partition coefficient (Wildman–Crippen LogP) is 2.31. The van der Waals surface area contributed by atoms with Crippen molar-refractivity contribution in [2.24, 2.45) is 11.7 Å². The topological polar surface area (TPSA) is 73.6 Å². The highest BCUT2D eigenvalue weighted by Gasteiger charge is 2.25. The van der Waals surface area contributed by atoms with E-state index in [1.165, 1.54) is 0 Å². The van der Waals surface area contributed by atoms with Gasteiger partial charge in [0.2, 0.25) is 5.91 Å². The standard InChI is InChI=1S/C17H24N2O3/c18-13-3-1-2-12(10-13)17(20)19-14-4-6-15(7-5-14)22-16-8-9-21-11-16/h4-7,12-13,16H,1-3,8-11,18H2,(H,19,20). The summed E-state index contributed by atoms with van der Waals surface area (Å²) in [7, 11) is 0. The summed E-state index contributed by atoms with van der Waals surface area (Å²) in [5, 5.41) is 2.98. The van der Waals surface area contributed by atoms with Crippen LogP contribution >= 0.6 is 0 Å². The minimum Gasteiger partial charge on any atom is -0.488 e. The van der Waals surface area contributed by atoms with Gasteiger partial charge in [-0.05, 0) is 43.5 Å². The molecule has 0 bridgehead atoms. The van der Waals surface area contributed by atoms with Gasteiger partial charge >= 0.3 is 0 Å². The average molecular weight is 304 g/mol. The van der Waals surface area contributed by atoms with E-state index in [0.29, 0.717) is 6.61 Å². The monoisotopic (exact) mass is 304 g/mol. The van der Waals surface area contributed by atoms with Crippen LogP contribution < -0.4 is 15.8 Å². The van der Waals surface area contributed by atoms with E-state index in [1.807, 2.05) is 24.3 Å². The molecule has 22 heavy (non-hydrogen) atoms. The lowest BCUT2D eigenvalue weighted by molar-refractivity contribution is -0.120. The van der Waals surface area contributed by atoms with Crippen LogP contribution in [0.25, 0.3) is 0 Å². The molecule has 1 saturated carbocycles. The van der Waals surface area contributed by atoms with Crippen LogP contribution in [-0.4, -0.2) is 31.3 Å². The Morgan fingerprint density at radius 2 is 2.05 bits per heavy atom. The first-order chi connectivity index (χ1) is 10.7. The number of anilines is 1. The molecule has 1 aromatic rings. The second kappa shape index (κ2) is 7.11. The lowest BCUT2D eigenvalue weighted by Gasteiger charge is -2.25. The number of benzene rings is 1. The highest BCUT2D eigenvalue weighted by molar-refractivity contribution is 5.92. The normalized spacial score (nSPS) is 28.3. The van der Waals surface area contributed by atoms with Crippen molar-refractivity contribution in [3.63, 3.8) is 0 Å². The summed E-state index contributed by atoms with van der Waals surface area (Å²) >= 11 is 0. The lowest BCUT2D eigenvalue weighted by atomic mass is 9.85. The second-order valence-corrected chi connectivity index (χ2v) is 6.24. The van der Waals surface area contributed by atoms with Crippen LogP contribution in [0, 0.1) is 5.92 Å². The molecule has 0 aromatic heterocycles. The number of nitrogens with two attached hydrogens (primary N) is 1. The van der Waals surface area contributed by atoms with Crippen molar-refractivity contribution in [2.75, 3.05) is 18.5 Å². The molecule has 1 heterocycles. The first-order valence-corrected chi connectivity index (χ1v) is 8.11. The number of ether oxygens (including phenoxy) is 2. The van der Waals surface area contributed by atoms with E-state index >= 15 is 0 Å². The number of hydrogen-bond donors (Lipinski definition) is 2. The van der Waals surface area contributed by atoms with Gasteiger partial charge in [-0.3, -0.25) is 4.79 Å². The fraction of sp³-hybridized carbons (Fsp3) is 0.588. The Morgan fingerprint density at radius 1 is 1.23 bits per heavy atom. The van der Waals surface area contributed by atoms with Crippen LogP contribution in [0.5, 0.6) is 5.75 Å². The maximum Gasteiger partial charge on any atom is 0.227 e. The van der Waals surface area contributed by atoms with Crippen molar-refractivity contribution in [1.29, 1.82) is 0 Å². The molecular weight excluding hydrogens is 280 g/mol.